The fourth-order valence-electron chi connectivity index (χ4n) is 1.31. The SMILES string of the molecule is CC(C)/C=N/OCCOCCOCCOCCNC(=O)C(C)C. The van der Waals surface area contributed by atoms with Crippen LogP contribution in [0, 0.1) is 11.8 Å². The highest BCUT2D eigenvalue weighted by atomic mass is 16.6. The molecule has 0 saturated heterocycles. The van der Waals surface area contributed by atoms with Gasteiger partial charge in [0.15, 0.2) is 0 Å². The van der Waals surface area contributed by atoms with Gasteiger partial charge in [0.1, 0.15) is 6.61 Å². The van der Waals surface area contributed by atoms with Crippen molar-refractivity contribution >= 4 is 12.1 Å². The Kier molecular flexibility index (Phi) is 14.9. The number of hydrogen-bond donors (Lipinski definition) is 1. The van der Waals surface area contributed by atoms with Crippen LogP contribution < -0.4 is 5.32 Å². The maximum Gasteiger partial charge on any atom is 0.222 e. The number of nitrogens with zero attached hydrogens (tertiary/aromatic N) is 1. The molecule has 0 aromatic carbocycles. The van der Waals surface area contributed by atoms with Gasteiger partial charge in [0, 0.05) is 18.7 Å². The molecule has 1 N–H and O–H groups in total. The minimum Gasteiger partial charge on any atom is -0.394 e. The number of carbonyl (C=O) groups is 1. The molecule has 0 radical (unpaired) electrons. The van der Waals surface area contributed by atoms with E-state index in [9.17, 15) is 4.79 Å². The van der Waals surface area contributed by atoms with Crippen LogP contribution in [0.5, 0.6) is 0 Å². The Balaban J connectivity index is 3.12. The van der Waals surface area contributed by atoms with Crippen molar-refractivity contribution in [2.45, 2.75) is 27.7 Å². The molecule has 1 amide bonds. The summed E-state index contributed by atoms with van der Waals surface area (Å²) in [5.41, 5.74) is 0. The highest BCUT2D eigenvalue weighted by Crippen LogP contribution is 1.89. The number of hydrogen-bond acceptors (Lipinski definition) is 6. The van der Waals surface area contributed by atoms with Gasteiger partial charge < -0.3 is 24.4 Å². The Labute approximate surface area is 139 Å². The van der Waals surface area contributed by atoms with Crippen LogP contribution in [0.15, 0.2) is 5.16 Å². The van der Waals surface area contributed by atoms with E-state index in [1.165, 1.54) is 0 Å². The third kappa shape index (κ3) is 17.0. The summed E-state index contributed by atoms with van der Waals surface area (Å²) in [5.74, 6) is 0.435. The number of ether oxygens (including phenoxy) is 3. The molecule has 0 aliphatic heterocycles. The van der Waals surface area contributed by atoms with Crippen molar-refractivity contribution in [2.75, 3.05) is 52.8 Å². The largest absolute Gasteiger partial charge is 0.394 e. The monoisotopic (exact) mass is 332 g/mol. The molecule has 0 bridgehead atoms. The zero-order valence-electron chi connectivity index (χ0n) is 14.9. The number of rotatable bonds is 15. The molecule has 0 aromatic rings. The van der Waals surface area contributed by atoms with Crippen molar-refractivity contribution in [1.29, 1.82) is 0 Å². The van der Waals surface area contributed by atoms with E-state index in [0.717, 1.165) is 0 Å². The summed E-state index contributed by atoms with van der Waals surface area (Å²) in [5, 5.41) is 6.58. The standard InChI is InChI=1S/C16H32N2O5/c1-14(2)13-18-23-12-11-22-10-9-21-8-7-20-6-5-17-16(19)15(3)4/h13-15H,5-12H2,1-4H3,(H,17,19)/b18-13+. The van der Waals surface area contributed by atoms with E-state index in [-0.39, 0.29) is 11.8 Å². The second-order valence-corrected chi connectivity index (χ2v) is 5.61. The molecule has 23 heavy (non-hydrogen) atoms. The van der Waals surface area contributed by atoms with Gasteiger partial charge in [-0.3, -0.25) is 4.79 Å². The summed E-state index contributed by atoms with van der Waals surface area (Å²) in [4.78, 5) is 16.3. The van der Waals surface area contributed by atoms with Crippen molar-refractivity contribution in [2.24, 2.45) is 17.0 Å². The summed E-state index contributed by atoms with van der Waals surface area (Å²) >= 11 is 0. The molecule has 0 aromatic heterocycles. The van der Waals surface area contributed by atoms with E-state index >= 15 is 0 Å². The molecule has 7 heteroatoms. The lowest BCUT2D eigenvalue weighted by molar-refractivity contribution is -0.124. The fourth-order valence-corrected chi connectivity index (χ4v) is 1.31. The highest BCUT2D eigenvalue weighted by molar-refractivity contribution is 5.77. The van der Waals surface area contributed by atoms with Crippen LogP contribution in [0.4, 0.5) is 0 Å². The second-order valence-electron chi connectivity index (χ2n) is 5.61. The molecule has 0 spiro atoms. The van der Waals surface area contributed by atoms with E-state index in [1.807, 2.05) is 27.7 Å². The van der Waals surface area contributed by atoms with Gasteiger partial charge in [-0.15, -0.1) is 0 Å². The zero-order valence-corrected chi connectivity index (χ0v) is 14.9. The summed E-state index contributed by atoms with van der Waals surface area (Å²) in [6, 6.07) is 0. The van der Waals surface area contributed by atoms with Gasteiger partial charge in [-0.05, 0) is 5.92 Å². The lowest BCUT2D eigenvalue weighted by atomic mass is 10.2. The molecule has 0 rings (SSSR count). The Bertz CT molecular complexity index is 309. The van der Waals surface area contributed by atoms with E-state index < -0.39 is 0 Å². The molecule has 136 valence electrons. The minimum absolute atomic E-state index is 0.00532. The van der Waals surface area contributed by atoms with Crippen LogP contribution in [-0.4, -0.2) is 64.9 Å². The normalized spacial score (nSPS) is 11.6. The Morgan fingerprint density at radius 2 is 1.43 bits per heavy atom. The second kappa shape index (κ2) is 15.7. The maximum atomic E-state index is 11.3. The van der Waals surface area contributed by atoms with Crippen LogP contribution in [-0.2, 0) is 23.8 Å². The van der Waals surface area contributed by atoms with Gasteiger partial charge in [0.2, 0.25) is 5.91 Å². The molecule has 0 atom stereocenters. The third-order valence-electron chi connectivity index (χ3n) is 2.57. The molecular formula is C16H32N2O5. The van der Waals surface area contributed by atoms with Crippen molar-refractivity contribution in [3.63, 3.8) is 0 Å². The van der Waals surface area contributed by atoms with Gasteiger partial charge in [-0.25, -0.2) is 0 Å². The summed E-state index contributed by atoms with van der Waals surface area (Å²) in [6.07, 6.45) is 1.75. The first kappa shape index (κ1) is 21.8. The number of amides is 1. The van der Waals surface area contributed by atoms with Gasteiger partial charge >= 0.3 is 0 Å². The van der Waals surface area contributed by atoms with Gasteiger partial charge in [0.25, 0.3) is 0 Å². The first-order chi connectivity index (χ1) is 11.0. The van der Waals surface area contributed by atoms with Crippen molar-refractivity contribution in [1.82, 2.24) is 5.32 Å². The third-order valence-corrected chi connectivity index (χ3v) is 2.57. The molecule has 0 fully saturated rings. The van der Waals surface area contributed by atoms with Gasteiger partial charge in [-0.2, -0.15) is 0 Å². The Morgan fingerprint density at radius 3 is 1.96 bits per heavy atom. The van der Waals surface area contributed by atoms with Gasteiger partial charge in [0.05, 0.1) is 39.6 Å². The minimum atomic E-state index is 0.00532. The average Bonchev–Trinajstić information content (AvgIpc) is 2.50. The van der Waals surface area contributed by atoms with Crippen molar-refractivity contribution in [3.05, 3.63) is 0 Å². The lowest BCUT2D eigenvalue weighted by Gasteiger charge is -2.08. The molecule has 0 aliphatic rings. The van der Waals surface area contributed by atoms with Crippen LogP contribution >= 0.6 is 0 Å². The molecule has 0 aliphatic carbocycles. The van der Waals surface area contributed by atoms with Crippen LogP contribution in [0.1, 0.15) is 27.7 Å². The number of oxime groups is 1. The number of carbonyl (C=O) groups excluding carboxylic acids is 1. The summed E-state index contributed by atoms with van der Waals surface area (Å²) in [7, 11) is 0. The zero-order chi connectivity index (χ0) is 17.3. The smallest absolute Gasteiger partial charge is 0.222 e. The summed E-state index contributed by atoms with van der Waals surface area (Å²) < 4.78 is 16.0. The quantitative estimate of drug-likeness (QED) is 0.279. The molecule has 0 heterocycles. The van der Waals surface area contributed by atoms with E-state index in [4.69, 9.17) is 19.0 Å². The fraction of sp³-hybridized carbons (Fsp3) is 0.875. The van der Waals surface area contributed by atoms with Crippen molar-refractivity contribution < 1.29 is 23.8 Å². The van der Waals surface area contributed by atoms with Crippen LogP contribution in [0.2, 0.25) is 0 Å². The first-order valence-corrected chi connectivity index (χ1v) is 8.20. The average molecular weight is 332 g/mol. The van der Waals surface area contributed by atoms with E-state index in [2.05, 4.69) is 10.5 Å². The topological polar surface area (TPSA) is 78.4 Å². The predicted octanol–water partition coefficient (Wildman–Crippen LogP) is 1.47. The maximum absolute atomic E-state index is 11.3. The molecule has 0 unspecified atom stereocenters. The number of nitrogens with one attached hydrogen (secondary N) is 1. The van der Waals surface area contributed by atoms with E-state index in [0.29, 0.717) is 58.7 Å². The Hall–Kier alpha value is -1.18. The first-order valence-electron chi connectivity index (χ1n) is 8.20. The molecular weight excluding hydrogens is 300 g/mol. The molecule has 7 nitrogen and oxygen atoms in total. The Morgan fingerprint density at radius 1 is 0.913 bits per heavy atom. The van der Waals surface area contributed by atoms with E-state index in [1.54, 1.807) is 6.21 Å². The van der Waals surface area contributed by atoms with Crippen LogP contribution in [0.3, 0.4) is 0 Å². The predicted molar refractivity (Wildman–Crippen MR) is 89.6 cm³/mol. The lowest BCUT2D eigenvalue weighted by Crippen LogP contribution is -2.31. The van der Waals surface area contributed by atoms with Crippen LogP contribution in [0.25, 0.3) is 0 Å². The van der Waals surface area contributed by atoms with Crippen molar-refractivity contribution in [3.8, 4) is 0 Å². The van der Waals surface area contributed by atoms with Gasteiger partial charge in [-0.1, -0.05) is 32.9 Å². The highest BCUT2D eigenvalue weighted by Gasteiger charge is 2.04. The molecule has 0 saturated carbocycles. The summed E-state index contributed by atoms with van der Waals surface area (Å²) in [6.45, 7) is 11.8.